The van der Waals surface area contributed by atoms with Gasteiger partial charge in [0.15, 0.2) is 5.65 Å². The number of rotatable bonds is 1. The van der Waals surface area contributed by atoms with Crippen molar-refractivity contribution in [1.29, 1.82) is 0 Å². The van der Waals surface area contributed by atoms with E-state index < -0.39 is 0 Å². The summed E-state index contributed by atoms with van der Waals surface area (Å²) < 4.78 is 4.58. The molecule has 3 heterocycles. The van der Waals surface area contributed by atoms with Gasteiger partial charge in [0.25, 0.3) is 0 Å². The molecule has 0 N–H and O–H groups in total. The third-order valence-corrected chi connectivity index (χ3v) is 3.09. The quantitative estimate of drug-likeness (QED) is 0.640. The fourth-order valence-electron chi connectivity index (χ4n) is 1.58. The summed E-state index contributed by atoms with van der Waals surface area (Å²) in [4.78, 5) is 4.28. The summed E-state index contributed by atoms with van der Waals surface area (Å²) in [5.74, 6) is 0. The Labute approximate surface area is 105 Å². The summed E-state index contributed by atoms with van der Waals surface area (Å²) in [6.07, 6.45) is 7.41. The first-order valence-electron chi connectivity index (χ1n) is 4.72. The van der Waals surface area contributed by atoms with Gasteiger partial charge in [-0.3, -0.25) is 4.68 Å². The number of hydrogen-bond donors (Lipinski definition) is 0. The van der Waals surface area contributed by atoms with Crippen LogP contribution in [-0.2, 0) is 7.05 Å². The van der Waals surface area contributed by atoms with Crippen LogP contribution in [0.4, 0.5) is 0 Å². The van der Waals surface area contributed by atoms with E-state index >= 15 is 0 Å². The van der Waals surface area contributed by atoms with Crippen LogP contribution in [-0.4, -0.2) is 24.4 Å². The highest BCUT2D eigenvalue weighted by molar-refractivity contribution is 14.1. The molecular formula is C10H8IN5. The minimum atomic E-state index is 0.853. The average Bonchev–Trinajstić information content (AvgIpc) is 2.86. The van der Waals surface area contributed by atoms with Gasteiger partial charge in [0.05, 0.1) is 18.6 Å². The molecule has 80 valence electrons. The first-order valence-corrected chi connectivity index (χ1v) is 5.80. The number of fused-ring (bicyclic) bond motifs is 1. The Bertz CT molecular complexity index is 654. The van der Waals surface area contributed by atoms with Gasteiger partial charge in [0.2, 0.25) is 0 Å². The minimum Gasteiger partial charge on any atom is -0.275 e. The highest BCUT2D eigenvalue weighted by Crippen LogP contribution is 2.19. The van der Waals surface area contributed by atoms with Crippen molar-refractivity contribution in [2.75, 3.05) is 0 Å². The van der Waals surface area contributed by atoms with Gasteiger partial charge in [0.1, 0.15) is 3.70 Å². The predicted octanol–water partition coefficient (Wildman–Crippen LogP) is 1.73. The molecule has 6 heteroatoms. The maximum Gasteiger partial charge on any atom is 0.155 e. The van der Waals surface area contributed by atoms with Crippen molar-refractivity contribution in [3.05, 3.63) is 34.6 Å². The van der Waals surface area contributed by atoms with E-state index in [2.05, 4.69) is 37.8 Å². The topological polar surface area (TPSA) is 48.0 Å². The molecule has 0 bridgehead atoms. The van der Waals surface area contributed by atoms with Gasteiger partial charge in [-0.25, -0.2) is 9.50 Å². The van der Waals surface area contributed by atoms with Crippen LogP contribution in [0.15, 0.2) is 30.9 Å². The highest BCUT2D eigenvalue weighted by atomic mass is 127. The Kier molecular flexibility index (Phi) is 2.16. The van der Waals surface area contributed by atoms with Gasteiger partial charge in [-0.2, -0.15) is 10.2 Å². The van der Waals surface area contributed by atoms with Crippen LogP contribution >= 0.6 is 22.6 Å². The zero-order valence-corrected chi connectivity index (χ0v) is 10.7. The van der Waals surface area contributed by atoms with Gasteiger partial charge in [0, 0.05) is 24.4 Å². The number of hydrogen-bond acceptors (Lipinski definition) is 3. The molecule has 0 aliphatic carbocycles. The first-order chi connectivity index (χ1) is 7.74. The van der Waals surface area contributed by atoms with E-state index in [1.807, 2.05) is 31.7 Å². The van der Waals surface area contributed by atoms with E-state index in [1.165, 1.54) is 0 Å². The lowest BCUT2D eigenvalue weighted by Gasteiger charge is -1.98. The van der Waals surface area contributed by atoms with Crippen molar-refractivity contribution in [1.82, 2.24) is 24.4 Å². The normalized spacial score (nSPS) is 11.1. The maximum absolute atomic E-state index is 4.34. The molecular weight excluding hydrogens is 317 g/mol. The fraction of sp³-hybridized carbons (Fsp3) is 0.100. The zero-order chi connectivity index (χ0) is 11.1. The van der Waals surface area contributed by atoms with Crippen molar-refractivity contribution in [3.8, 4) is 11.1 Å². The largest absolute Gasteiger partial charge is 0.275 e. The molecule has 0 saturated heterocycles. The van der Waals surface area contributed by atoms with Gasteiger partial charge >= 0.3 is 0 Å². The van der Waals surface area contributed by atoms with Gasteiger partial charge in [-0.1, -0.05) is 0 Å². The monoisotopic (exact) mass is 325 g/mol. The standard InChI is InChI=1S/C10H8IN5/c1-15-6-8(4-13-15)7-2-10-12-5-9(11)16(10)14-3-7/h2-6H,1H3. The van der Waals surface area contributed by atoms with Crippen molar-refractivity contribution in [2.45, 2.75) is 0 Å². The van der Waals surface area contributed by atoms with E-state index in [9.17, 15) is 0 Å². The Hall–Kier alpha value is -1.44. The van der Waals surface area contributed by atoms with E-state index in [1.54, 1.807) is 15.4 Å². The molecule has 0 unspecified atom stereocenters. The molecule has 0 spiro atoms. The third kappa shape index (κ3) is 1.49. The van der Waals surface area contributed by atoms with Crippen LogP contribution in [0.25, 0.3) is 16.8 Å². The van der Waals surface area contributed by atoms with E-state index in [-0.39, 0.29) is 0 Å². The lowest BCUT2D eigenvalue weighted by atomic mass is 10.2. The average molecular weight is 325 g/mol. The van der Waals surface area contributed by atoms with Crippen LogP contribution in [0.1, 0.15) is 0 Å². The Morgan fingerprint density at radius 3 is 2.69 bits per heavy atom. The number of imidazole rings is 1. The Morgan fingerprint density at radius 2 is 1.94 bits per heavy atom. The second kappa shape index (κ2) is 3.55. The van der Waals surface area contributed by atoms with Gasteiger partial charge in [-0.05, 0) is 28.7 Å². The lowest BCUT2D eigenvalue weighted by Crippen LogP contribution is -1.93. The molecule has 3 aromatic rings. The van der Waals surface area contributed by atoms with Crippen molar-refractivity contribution < 1.29 is 0 Å². The number of nitrogens with zero attached hydrogens (tertiary/aromatic N) is 5. The Balaban J connectivity index is 2.18. The van der Waals surface area contributed by atoms with Crippen LogP contribution < -0.4 is 0 Å². The van der Waals surface area contributed by atoms with Gasteiger partial charge < -0.3 is 0 Å². The number of halogens is 1. The molecule has 0 saturated carbocycles. The maximum atomic E-state index is 4.34. The smallest absolute Gasteiger partial charge is 0.155 e. The molecule has 0 aliphatic heterocycles. The van der Waals surface area contributed by atoms with Crippen molar-refractivity contribution >= 4 is 28.2 Å². The molecule has 3 aromatic heterocycles. The second-order valence-corrected chi connectivity index (χ2v) is 4.60. The molecule has 16 heavy (non-hydrogen) atoms. The Morgan fingerprint density at radius 1 is 1.12 bits per heavy atom. The third-order valence-electron chi connectivity index (χ3n) is 2.36. The SMILES string of the molecule is Cn1cc(-c2cnn3c(I)cnc3c2)cn1. The molecule has 0 radical (unpaired) electrons. The van der Waals surface area contributed by atoms with Crippen molar-refractivity contribution in [2.24, 2.45) is 7.05 Å². The molecule has 0 fully saturated rings. The zero-order valence-electron chi connectivity index (χ0n) is 8.50. The number of aromatic nitrogens is 5. The molecule has 0 amide bonds. The van der Waals surface area contributed by atoms with Crippen LogP contribution in [0.2, 0.25) is 0 Å². The second-order valence-electron chi connectivity index (χ2n) is 3.50. The predicted molar refractivity (Wildman–Crippen MR) is 67.9 cm³/mol. The summed E-state index contributed by atoms with van der Waals surface area (Å²) in [5.41, 5.74) is 2.93. The van der Waals surface area contributed by atoms with E-state index in [4.69, 9.17) is 0 Å². The summed E-state index contributed by atoms with van der Waals surface area (Å²) >= 11 is 2.21. The highest BCUT2D eigenvalue weighted by Gasteiger charge is 2.05. The summed E-state index contributed by atoms with van der Waals surface area (Å²) in [5, 5.41) is 8.47. The van der Waals surface area contributed by atoms with Crippen LogP contribution in [0.3, 0.4) is 0 Å². The fourth-order valence-corrected chi connectivity index (χ4v) is 2.09. The minimum absolute atomic E-state index is 0.853. The molecule has 0 aliphatic rings. The first kappa shape index (κ1) is 9.76. The van der Waals surface area contributed by atoms with E-state index in [0.717, 1.165) is 20.5 Å². The lowest BCUT2D eigenvalue weighted by molar-refractivity contribution is 0.768. The molecule has 0 atom stereocenters. The van der Waals surface area contributed by atoms with E-state index in [0.29, 0.717) is 0 Å². The summed E-state index contributed by atoms with van der Waals surface area (Å²) in [6, 6.07) is 2.01. The van der Waals surface area contributed by atoms with Crippen LogP contribution in [0, 0.1) is 3.70 Å². The summed E-state index contributed by atoms with van der Waals surface area (Å²) in [7, 11) is 1.90. The molecule has 0 aromatic carbocycles. The number of aryl methyl sites for hydroxylation is 1. The van der Waals surface area contributed by atoms with Gasteiger partial charge in [-0.15, -0.1) is 0 Å². The van der Waals surface area contributed by atoms with Crippen molar-refractivity contribution in [3.63, 3.8) is 0 Å². The summed E-state index contributed by atoms with van der Waals surface area (Å²) in [6.45, 7) is 0. The van der Waals surface area contributed by atoms with Crippen LogP contribution in [0.5, 0.6) is 0 Å². The molecule has 3 rings (SSSR count). The molecule has 5 nitrogen and oxygen atoms in total.